The average molecular weight is 369 g/mol. The molecule has 26 heavy (non-hydrogen) atoms. The first-order valence-corrected chi connectivity index (χ1v) is 9.65. The smallest absolute Gasteiger partial charge is 0.224 e. The Kier molecular flexibility index (Phi) is 5.46. The van der Waals surface area contributed by atoms with Crippen molar-refractivity contribution in [1.82, 2.24) is 24.6 Å². The zero-order chi connectivity index (χ0) is 18.7. The molecule has 0 aliphatic rings. The number of benzene rings is 1. The van der Waals surface area contributed by atoms with E-state index in [4.69, 9.17) is 0 Å². The number of para-hydroxylation sites is 1. The van der Waals surface area contributed by atoms with Crippen molar-refractivity contribution in [1.29, 1.82) is 0 Å². The van der Waals surface area contributed by atoms with E-state index in [0.717, 1.165) is 33.5 Å². The van der Waals surface area contributed by atoms with Crippen LogP contribution in [0.25, 0.3) is 5.69 Å². The van der Waals surface area contributed by atoms with Crippen LogP contribution in [0.1, 0.15) is 22.6 Å². The van der Waals surface area contributed by atoms with Gasteiger partial charge in [0.05, 0.1) is 36.2 Å². The third kappa shape index (κ3) is 3.67. The number of rotatable bonds is 6. The Bertz CT molecular complexity index is 914. The highest BCUT2D eigenvalue weighted by Gasteiger charge is 2.16. The number of nitrogens with zero attached hydrogens (tertiary/aromatic N) is 4. The van der Waals surface area contributed by atoms with Crippen molar-refractivity contribution in [2.24, 2.45) is 7.05 Å². The van der Waals surface area contributed by atoms with Crippen LogP contribution < -0.4 is 5.32 Å². The molecule has 0 saturated carbocycles. The van der Waals surface area contributed by atoms with Gasteiger partial charge in [-0.3, -0.25) is 4.79 Å². The summed E-state index contributed by atoms with van der Waals surface area (Å²) in [7, 11) is 1.96. The molecule has 136 valence electrons. The Morgan fingerprint density at radius 2 is 1.96 bits per heavy atom. The first kappa shape index (κ1) is 18.3. The Morgan fingerprint density at radius 1 is 1.23 bits per heavy atom. The van der Waals surface area contributed by atoms with Crippen molar-refractivity contribution < 1.29 is 4.79 Å². The molecule has 0 saturated heterocycles. The molecule has 1 N–H and O–H groups in total. The summed E-state index contributed by atoms with van der Waals surface area (Å²) in [6.45, 7) is 4.41. The van der Waals surface area contributed by atoms with Gasteiger partial charge in [-0.25, -0.2) is 9.67 Å². The van der Waals surface area contributed by atoms with Crippen molar-refractivity contribution in [2.45, 2.75) is 32.0 Å². The van der Waals surface area contributed by atoms with E-state index >= 15 is 0 Å². The Labute approximate surface area is 157 Å². The van der Waals surface area contributed by atoms with E-state index in [1.54, 1.807) is 18.0 Å². The molecule has 2 heterocycles. The van der Waals surface area contributed by atoms with Crippen molar-refractivity contribution in [3.63, 3.8) is 0 Å². The summed E-state index contributed by atoms with van der Waals surface area (Å²) in [5.74, 6) is -0.0179. The van der Waals surface area contributed by atoms with Gasteiger partial charge in [-0.05, 0) is 32.2 Å². The Morgan fingerprint density at radius 3 is 2.62 bits per heavy atom. The maximum Gasteiger partial charge on any atom is 0.224 e. The lowest BCUT2D eigenvalue weighted by atomic mass is 10.1. The molecule has 6 nitrogen and oxygen atoms in total. The fourth-order valence-corrected chi connectivity index (χ4v) is 3.49. The van der Waals surface area contributed by atoms with Gasteiger partial charge < -0.3 is 9.88 Å². The van der Waals surface area contributed by atoms with Crippen molar-refractivity contribution in [2.75, 3.05) is 6.26 Å². The average Bonchev–Trinajstić information content (AvgIpc) is 3.14. The van der Waals surface area contributed by atoms with E-state index < -0.39 is 0 Å². The second-order valence-corrected chi connectivity index (χ2v) is 6.92. The van der Waals surface area contributed by atoms with Gasteiger partial charge in [0.25, 0.3) is 0 Å². The molecular formula is C19H23N5OS. The maximum atomic E-state index is 12.4. The van der Waals surface area contributed by atoms with Crippen LogP contribution in [0, 0.1) is 13.8 Å². The normalized spacial score (nSPS) is 10.9. The summed E-state index contributed by atoms with van der Waals surface area (Å²) >= 11 is 1.59. The van der Waals surface area contributed by atoms with Crippen LogP contribution in [0.2, 0.25) is 0 Å². The summed E-state index contributed by atoms with van der Waals surface area (Å²) in [5.41, 5.74) is 4.83. The highest BCUT2D eigenvalue weighted by molar-refractivity contribution is 7.98. The predicted octanol–water partition coefficient (Wildman–Crippen LogP) is 2.80. The third-order valence-electron chi connectivity index (χ3n) is 4.47. The van der Waals surface area contributed by atoms with E-state index in [-0.39, 0.29) is 5.91 Å². The third-order valence-corrected chi connectivity index (χ3v) is 5.21. The van der Waals surface area contributed by atoms with E-state index in [2.05, 4.69) is 15.4 Å². The second kappa shape index (κ2) is 7.78. The molecule has 0 spiro atoms. The summed E-state index contributed by atoms with van der Waals surface area (Å²) in [5, 5.41) is 8.52. The minimum absolute atomic E-state index is 0.0179. The first-order chi connectivity index (χ1) is 12.5. The Balaban J connectivity index is 1.70. The number of thioether (sulfide) groups is 1. The predicted molar refractivity (Wildman–Crippen MR) is 104 cm³/mol. The molecule has 0 fully saturated rings. The number of carbonyl (C=O) groups is 1. The van der Waals surface area contributed by atoms with Gasteiger partial charge in [0.1, 0.15) is 0 Å². The van der Waals surface area contributed by atoms with Crippen LogP contribution in [0.5, 0.6) is 0 Å². The summed E-state index contributed by atoms with van der Waals surface area (Å²) < 4.78 is 3.89. The molecule has 0 aliphatic carbocycles. The number of nitrogens with one attached hydrogen (secondary N) is 1. The van der Waals surface area contributed by atoms with Crippen molar-refractivity contribution in [3.8, 4) is 5.69 Å². The van der Waals surface area contributed by atoms with Crippen LogP contribution in [0.15, 0.2) is 41.7 Å². The first-order valence-electron chi connectivity index (χ1n) is 8.43. The molecular weight excluding hydrogens is 346 g/mol. The highest BCUT2D eigenvalue weighted by atomic mass is 32.2. The van der Waals surface area contributed by atoms with Crippen LogP contribution >= 0.6 is 11.8 Å². The van der Waals surface area contributed by atoms with Crippen LogP contribution in [-0.4, -0.2) is 31.5 Å². The molecule has 3 rings (SSSR count). The molecule has 0 aliphatic heterocycles. The van der Waals surface area contributed by atoms with Crippen molar-refractivity contribution >= 4 is 17.7 Å². The van der Waals surface area contributed by atoms with E-state index in [0.29, 0.717) is 13.0 Å². The van der Waals surface area contributed by atoms with Gasteiger partial charge in [-0.1, -0.05) is 30.0 Å². The summed E-state index contributed by atoms with van der Waals surface area (Å²) in [6.07, 6.45) is 4.11. The molecule has 1 aromatic carbocycles. The van der Waals surface area contributed by atoms with Crippen molar-refractivity contribution in [3.05, 3.63) is 59.2 Å². The van der Waals surface area contributed by atoms with E-state index in [1.807, 2.05) is 66.7 Å². The van der Waals surface area contributed by atoms with Gasteiger partial charge in [-0.2, -0.15) is 5.10 Å². The number of imidazole rings is 1. The molecule has 7 heteroatoms. The number of carbonyl (C=O) groups excluding carboxylic acids is 1. The zero-order valence-electron chi connectivity index (χ0n) is 15.5. The summed E-state index contributed by atoms with van der Waals surface area (Å²) in [6, 6.07) is 9.96. The van der Waals surface area contributed by atoms with Crippen LogP contribution in [0.3, 0.4) is 0 Å². The maximum absolute atomic E-state index is 12.4. The molecule has 0 unspecified atom stereocenters. The number of hydrogen-bond donors (Lipinski definition) is 1. The lowest BCUT2D eigenvalue weighted by molar-refractivity contribution is -0.120. The number of aryl methyl sites for hydroxylation is 1. The summed E-state index contributed by atoms with van der Waals surface area (Å²) in [4.78, 5) is 16.8. The standard InChI is InChI=1S/C19H23N5OS/c1-13-17(14(2)24(22-13)15-8-6-5-7-9-15)10-18(25)20-11-16-12-21-19(26-4)23(16)3/h5-9,12H,10-11H2,1-4H3,(H,20,25). The van der Waals surface area contributed by atoms with E-state index in [9.17, 15) is 4.79 Å². The number of amides is 1. The second-order valence-electron chi connectivity index (χ2n) is 6.15. The molecule has 2 aromatic heterocycles. The van der Waals surface area contributed by atoms with Gasteiger partial charge >= 0.3 is 0 Å². The quantitative estimate of drug-likeness (QED) is 0.679. The SMILES string of the molecule is CSc1ncc(CNC(=O)Cc2c(C)nn(-c3ccccc3)c2C)n1C. The number of hydrogen-bond acceptors (Lipinski definition) is 4. The molecule has 3 aromatic rings. The molecule has 0 atom stereocenters. The molecule has 0 radical (unpaired) electrons. The fraction of sp³-hybridized carbons (Fsp3) is 0.316. The van der Waals surface area contributed by atoms with Gasteiger partial charge in [0.2, 0.25) is 5.91 Å². The minimum atomic E-state index is -0.0179. The van der Waals surface area contributed by atoms with Crippen LogP contribution in [-0.2, 0) is 24.8 Å². The number of aromatic nitrogens is 4. The van der Waals surface area contributed by atoms with E-state index in [1.165, 1.54) is 0 Å². The Hall–Kier alpha value is -2.54. The van der Waals surface area contributed by atoms with Gasteiger partial charge in [-0.15, -0.1) is 0 Å². The highest BCUT2D eigenvalue weighted by Crippen LogP contribution is 2.18. The lowest BCUT2D eigenvalue weighted by Gasteiger charge is -2.08. The van der Waals surface area contributed by atoms with Crippen LogP contribution in [0.4, 0.5) is 0 Å². The minimum Gasteiger partial charge on any atom is -0.350 e. The lowest BCUT2D eigenvalue weighted by Crippen LogP contribution is -2.26. The zero-order valence-corrected chi connectivity index (χ0v) is 16.3. The molecule has 1 amide bonds. The molecule has 0 bridgehead atoms. The largest absolute Gasteiger partial charge is 0.350 e. The van der Waals surface area contributed by atoms with Gasteiger partial charge in [0, 0.05) is 18.3 Å². The topological polar surface area (TPSA) is 64.7 Å². The van der Waals surface area contributed by atoms with Gasteiger partial charge in [0.15, 0.2) is 5.16 Å². The monoisotopic (exact) mass is 369 g/mol. The fourth-order valence-electron chi connectivity index (χ4n) is 2.94.